The molecule has 0 fully saturated rings. The van der Waals surface area contributed by atoms with Crippen molar-refractivity contribution in [2.45, 2.75) is 25.6 Å². The van der Waals surface area contributed by atoms with Crippen LogP contribution < -0.4 is 5.43 Å². The van der Waals surface area contributed by atoms with Crippen molar-refractivity contribution < 1.29 is 0 Å². The lowest BCUT2D eigenvalue weighted by Gasteiger charge is -2.12. The summed E-state index contributed by atoms with van der Waals surface area (Å²) in [4.78, 5) is 12.2. The van der Waals surface area contributed by atoms with Gasteiger partial charge in [0, 0.05) is 29.4 Å². The molecule has 0 amide bonds. The minimum atomic E-state index is 0.183. The molecule has 1 aromatic carbocycles. The number of hydrogen-bond acceptors (Lipinski definition) is 2. The van der Waals surface area contributed by atoms with Crippen molar-refractivity contribution in [2.24, 2.45) is 0 Å². The van der Waals surface area contributed by atoms with Crippen molar-refractivity contribution in [2.75, 3.05) is 6.26 Å². The van der Waals surface area contributed by atoms with Crippen molar-refractivity contribution in [3.8, 4) is 0 Å². The van der Waals surface area contributed by atoms with Crippen LogP contribution in [0.15, 0.2) is 35.3 Å². The van der Waals surface area contributed by atoms with Crippen molar-refractivity contribution in [3.05, 3.63) is 46.2 Å². The number of aromatic nitrogens is 1. The third-order valence-corrected chi connectivity index (χ3v) is 3.43. The van der Waals surface area contributed by atoms with E-state index in [1.54, 1.807) is 11.8 Å². The highest BCUT2D eigenvalue weighted by molar-refractivity contribution is 7.97. The Balaban J connectivity index is 2.70. The average Bonchev–Trinajstić information content (AvgIpc) is 2.36. The maximum absolute atomic E-state index is 12.2. The molecular formula is C14H17NOS. The van der Waals surface area contributed by atoms with Gasteiger partial charge in [-0.25, -0.2) is 0 Å². The molecule has 0 aliphatic carbocycles. The number of hydrogen-bond donors (Lipinski definition) is 0. The molecule has 2 rings (SSSR count). The number of benzene rings is 1. The zero-order valence-corrected chi connectivity index (χ0v) is 11.1. The van der Waals surface area contributed by atoms with Gasteiger partial charge in [0.15, 0.2) is 5.43 Å². The van der Waals surface area contributed by atoms with E-state index in [9.17, 15) is 4.79 Å². The Morgan fingerprint density at radius 1 is 1.29 bits per heavy atom. The average molecular weight is 247 g/mol. The third kappa shape index (κ3) is 2.39. The van der Waals surface area contributed by atoms with E-state index in [2.05, 4.69) is 11.5 Å². The normalized spacial score (nSPS) is 10.9. The summed E-state index contributed by atoms with van der Waals surface area (Å²) in [6.07, 6.45) is 5.12. The molecule has 0 atom stereocenters. The van der Waals surface area contributed by atoms with Crippen LogP contribution in [0.25, 0.3) is 10.9 Å². The van der Waals surface area contributed by atoms with Crippen molar-refractivity contribution in [1.82, 2.24) is 4.57 Å². The molecule has 1 aromatic heterocycles. The fraction of sp³-hybridized carbons (Fsp3) is 0.357. The number of fused-ring (bicyclic) bond motifs is 1. The molecule has 0 N–H and O–H groups in total. The lowest BCUT2D eigenvalue weighted by atomic mass is 10.1. The largest absolute Gasteiger partial charge is 0.347 e. The topological polar surface area (TPSA) is 22.0 Å². The first-order valence-electron chi connectivity index (χ1n) is 5.88. The molecule has 0 spiro atoms. The summed E-state index contributed by atoms with van der Waals surface area (Å²) in [5.41, 5.74) is 2.14. The van der Waals surface area contributed by atoms with Crippen LogP contribution in [-0.4, -0.2) is 10.8 Å². The van der Waals surface area contributed by atoms with E-state index in [1.807, 2.05) is 36.7 Å². The van der Waals surface area contributed by atoms with Gasteiger partial charge in [-0.05, 0) is 24.8 Å². The standard InChI is InChI=1S/C14H17NOS/c1-3-8-15-9-11(10-17-2)14(16)12-6-4-5-7-13(12)15/h4-7,9H,3,8,10H2,1-2H3. The van der Waals surface area contributed by atoms with E-state index >= 15 is 0 Å². The van der Waals surface area contributed by atoms with Crippen LogP contribution in [-0.2, 0) is 12.3 Å². The summed E-state index contributed by atoms with van der Waals surface area (Å²) in [6.45, 7) is 3.11. The minimum absolute atomic E-state index is 0.183. The SMILES string of the molecule is CCCn1cc(CSC)c(=O)c2ccccc21. The van der Waals surface area contributed by atoms with Crippen LogP contribution in [0.2, 0.25) is 0 Å². The van der Waals surface area contributed by atoms with Crippen LogP contribution in [0.4, 0.5) is 0 Å². The van der Waals surface area contributed by atoms with Gasteiger partial charge >= 0.3 is 0 Å². The molecule has 0 unspecified atom stereocenters. The summed E-state index contributed by atoms with van der Waals surface area (Å²) in [6, 6.07) is 7.87. The van der Waals surface area contributed by atoms with Crippen LogP contribution >= 0.6 is 11.8 Å². The van der Waals surface area contributed by atoms with E-state index in [-0.39, 0.29) is 5.43 Å². The Morgan fingerprint density at radius 2 is 2.06 bits per heavy atom. The van der Waals surface area contributed by atoms with Crippen LogP contribution in [0.1, 0.15) is 18.9 Å². The first-order chi connectivity index (χ1) is 8.27. The monoisotopic (exact) mass is 247 g/mol. The molecule has 0 bridgehead atoms. The molecule has 90 valence electrons. The lowest BCUT2D eigenvalue weighted by Crippen LogP contribution is -2.14. The van der Waals surface area contributed by atoms with E-state index in [1.165, 1.54) is 0 Å². The Bertz CT molecular complexity index is 574. The second-order valence-electron chi connectivity index (χ2n) is 4.13. The molecule has 0 aliphatic heterocycles. The van der Waals surface area contributed by atoms with Crippen LogP contribution in [0, 0.1) is 0 Å². The molecule has 0 radical (unpaired) electrons. The molecule has 2 nitrogen and oxygen atoms in total. The smallest absolute Gasteiger partial charge is 0.193 e. The number of thioether (sulfide) groups is 1. The highest BCUT2D eigenvalue weighted by atomic mass is 32.2. The summed E-state index contributed by atoms with van der Waals surface area (Å²) >= 11 is 1.69. The molecule has 0 saturated carbocycles. The van der Waals surface area contributed by atoms with Gasteiger partial charge in [0.2, 0.25) is 0 Å². The Kier molecular flexibility index (Phi) is 3.89. The predicted octanol–water partition coefficient (Wildman–Crippen LogP) is 3.27. The van der Waals surface area contributed by atoms with Gasteiger partial charge in [-0.15, -0.1) is 0 Å². The van der Waals surface area contributed by atoms with E-state index < -0.39 is 0 Å². The van der Waals surface area contributed by atoms with Gasteiger partial charge in [0.1, 0.15) is 0 Å². The second-order valence-corrected chi connectivity index (χ2v) is 4.99. The van der Waals surface area contributed by atoms with Gasteiger partial charge in [-0.3, -0.25) is 4.79 Å². The number of aryl methyl sites for hydroxylation is 1. The molecule has 1 heterocycles. The molecule has 2 aromatic rings. The fourth-order valence-electron chi connectivity index (χ4n) is 2.09. The third-order valence-electron chi connectivity index (χ3n) is 2.83. The number of para-hydroxylation sites is 1. The Hall–Kier alpha value is -1.22. The summed E-state index contributed by atoms with van der Waals surface area (Å²) < 4.78 is 2.20. The van der Waals surface area contributed by atoms with Crippen LogP contribution in [0.5, 0.6) is 0 Å². The molecule has 17 heavy (non-hydrogen) atoms. The lowest BCUT2D eigenvalue weighted by molar-refractivity contribution is 0.694. The summed E-state index contributed by atoms with van der Waals surface area (Å²) in [7, 11) is 0. The maximum Gasteiger partial charge on any atom is 0.193 e. The second kappa shape index (κ2) is 5.41. The van der Waals surface area contributed by atoms with E-state index in [0.29, 0.717) is 0 Å². The molecule has 0 aliphatic rings. The highest BCUT2D eigenvalue weighted by Gasteiger charge is 2.07. The van der Waals surface area contributed by atoms with Gasteiger partial charge in [0.25, 0.3) is 0 Å². The van der Waals surface area contributed by atoms with Crippen LogP contribution in [0.3, 0.4) is 0 Å². The van der Waals surface area contributed by atoms with Gasteiger partial charge in [-0.2, -0.15) is 11.8 Å². The van der Waals surface area contributed by atoms with Crippen molar-refractivity contribution in [1.29, 1.82) is 0 Å². The fourth-order valence-corrected chi connectivity index (χ4v) is 2.61. The quantitative estimate of drug-likeness (QED) is 0.827. The molecular weight excluding hydrogens is 230 g/mol. The van der Waals surface area contributed by atoms with E-state index in [0.717, 1.165) is 35.2 Å². The van der Waals surface area contributed by atoms with Crippen molar-refractivity contribution in [3.63, 3.8) is 0 Å². The highest BCUT2D eigenvalue weighted by Crippen LogP contribution is 2.14. The first kappa shape index (κ1) is 12.2. The van der Waals surface area contributed by atoms with E-state index in [4.69, 9.17) is 0 Å². The number of rotatable bonds is 4. The molecule has 0 saturated heterocycles. The summed E-state index contributed by atoms with van der Waals surface area (Å²) in [5.74, 6) is 0.785. The number of nitrogens with zero attached hydrogens (tertiary/aromatic N) is 1. The Morgan fingerprint density at radius 3 is 2.76 bits per heavy atom. The zero-order valence-electron chi connectivity index (χ0n) is 10.3. The first-order valence-corrected chi connectivity index (χ1v) is 7.27. The van der Waals surface area contributed by atoms with Gasteiger partial charge in [0.05, 0.1) is 5.52 Å². The minimum Gasteiger partial charge on any atom is -0.347 e. The number of pyridine rings is 1. The maximum atomic E-state index is 12.2. The zero-order chi connectivity index (χ0) is 12.3. The van der Waals surface area contributed by atoms with Crippen molar-refractivity contribution >= 4 is 22.7 Å². The van der Waals surface area contributed by atoms with Gasteiger partial charge in [-0.1, -0.05) is 19.1 Å². The Labute approximate surface area is 106 Å². The summed E-state index contributed by atoms with van der Waals surface area (Å²) in [5, 5.41) is 0.840. The van der Waals surface area contributed by atoms with Gasteiger partial charge < -0.3 is 4.57 Å². The predicted molar refractivity (Wildman–Crippen MR) is 75.7 cm³/mol. The molecule has 3 heteroatoms.